The quantitative estimate of drug-likeness (QED) is 0.609. The normalized spacial score (nSPS) is 17.6. The summed E-state index contributed by atoms with van der Waals surface area (Å²) >= 11 is 0. The fraction of sp³-hybridized carbons (Fsp3) is 0.583. The molecule has 1 N–H and O–H groups in total. The van der Waals surface area contributed by atoms with Crippen molar-refractivity contribution >= 4 is 5.95 Å². The van der Waals surface area contributed by atoms with Crippen molar-refractivity contribution < 1.29 is 0 Å². The van der Waals surface area contributed by atoms with Crippen molar-refractivity contribution in [1.82, 2.24) is 28.7 Å². The summed E-state index contributed by atoms with van der Waals surface area (Å²) in [7, 11) is 1.76. The van der Waals surface area contributed by atoms with Gasteiger partial charge in [-0.15, -0.1) is 0 Å². The molecule has 4 rings (SSSR count). The summed E-state index contributed by atoms with van der Waals surface area (Å²) < 4.78 is 5.51. The number of aromatic nitrogens is 6. The monoisotopic (exact) mass is 437 g/mol. The van der Waals surface area contributed by atoms with Gasteiger partial charge in [-0.25, -0.2) is 19.3 Å². The lowest BCUT2D eigenvalue weighted by Gasteiger charge is -2.34. The van der Waals surface area contributed by atoms with Gasteiger partial charge in [0.15, 0.2) is 0 Å². The zero-order valence-electron chi connectivity index (χ0n) is 20.0. The molecule has 0 unspecified atom stereocenters. The van der Waals surface area contributed by atoms with Crippen LogP contribution < -0.4 is 11.0 Å². The van der Waals surface area contributed by atoms with Gasteiger partial charge in [0.1, 0.15) is 5.82 Å². The number of nitrogens with one attached hydrogen (secondary N) is 1. The van der Waals surface area contributed by atoms with Crippen molar-refractivity contribution in [2.45, 2.75) is 78.3 Å². The third-order valence-electron chi connectivity index (χ3n) is 6.68. The van der Waals surface area contributed by atoms with E-state index < -0.39 is 0 Å². The van der Waals surface area contributed by atoms with Crippen LogP contribution in [0.25, 0.3) is 5.82 Å². The number of anilines is 1. The molecule has 0 bridgehead atoms. The molecule has 1 fully saturated rings. The van der Waals surface area contributed by atoms with Gasteiger partial charge in [-0.2, -0.15) is 4.98 Å². The predicted molar refractivity (Wildman–Crippen MR) is 126 cm³/mol. The number of imidazole rings is 2. The van der Waals surface area contributed by atoms with Crippen molar-refractivity contribution in [1.29, 1.82) is 0 Å². The molecule has 0 spiro atoms. The minimum absolute atomic E-state index is 0.0522. The van der Waals surface area contributed by atoms with Crippen LogP contribution in [0.2, 0.25) is 0 Å². The molecule has 3 aromatic rings. The van der Waals surface area contributed by atoms with Crippen molar-refractivity contribution in [2.75, 3.05) is 5.32 Å². The highest BCUT2D eigenvalue weighted by Crippen LogP contribution is 2.40. The molecule has 172 valence electrons. The molecule has 1 aliphatic rings. The van der Waals surface area contributed by atoms with E-state index in [1.807, 2.05) is 12.5 Å². The summed E-state index contributed by atoms with van der Waals surface area (Å²) in [5, 5.41) is 3.35. The van der Waals surface area contributed by atoms with E-state index in [9.17, 15) is 4.79 Å². The predicted octanol–water partition coefficient (Wildman–Crippen LogP) is 4.60. The molecule has 8 heteroatoms. The van der Waals surface area contributed by atoms with Crippen LogP contribution in [0.5, 0.6) is 0 Å². The number of aryl methyl sites for hydroxylation is 1. The fourth-order valence-corrected chi connectivity index (χ4v) is 4.49. The first-order chi connectivity index (χ1) is 15.1. The van der Waals surface area contributed by atoms with E-state index in [-0.39, 0.29) is 17.6 Å². The molecule has 1 atom stereocenters. The van der Waals surface area contributed by atoms with Gasteiger partial charge in [0.25, 0.3) is 0 Å². The van der Waals surface area contributed by atoms with Crippen LogP contribution >= 0.6 is 0 Å². The van der Waals surface area contributed by atoms with Crippen LogP contribution in [0.1, 0.15) is 89.7 Å². The van der Waals surface area contributed by atoms with E-state index in [2.05, 4.69) is 65.7 Å². The second-order valence-corrected chi connectivity index (χ2v) is 10.2. The SMILES string of the molecule is CC(C)c1cn(C)c(=O)n1-c1ccnc(N[C@@H](C)c2cn(C3CCC(C)(C)CC3)cn2)n1. The third-order valence-corrected chi connectivity index (χ3v) is 6.68. The van der Waals surface area contributed by atoms with Crippen LogP contribution in [-0.2, 0) is 7.05 Å². The van der Waals surface area contributed by atoms with Crippen LogP contribution in [0.4, 0.5) is 5.95 Å². The van der Waals surface area contributed by atoms with Gasteiger partial charge in [-0.3, -0.25) is 0 Å². The zero-order valence-corrected chi connectivity index (χ0v) is 20.0. The van der Waals surface area contributed by atoms with Crippen molar-refractivity contribution in [2.24, 2.45) is 12.5 Å². The van der Waals surface area contributed by atoms with Gasteiger partial charge < -0.3 is 14.5 Å². The summed E-state index contributed by atoms with van der Waals surface area (Å²) in [6.45, 7) is 10.9. The smallest absolute Gasteiger partial charge is 0.333 e. The molecule has 8 nitrogen and oxygen atoms in total. The summed E-state index contributed by atoms with van der Waals surface area (Å²) in [6, 6.07) is 2.24. The number of rotatable bonds is 6. The molecule has 0 aliphatic heterocycles. The lowest BCUT2D eigenvalue weighted by atomic mass is 9.75. The first kappa shape index (κ1) is 22.3. The van der Waals surface area contributed by atoms with Gasteiger partial charge in [0.2, 0.25) is 5.95 Å². The van der Waals surface area contributed by atoms with Gasteiger partial charge in [0.05, 0.1) is 18.1 Å². The Morgan fingerprint density at radius 2 is 1.84 bits per heavy atom. The van der Waals surface area contributed by atoms with Gasteiger partial charge in [-0.05, 0) is 43.9 Å². The highest BCUT2D eigenvalue weighted by atomic mass is 16.1. The molecule has 0 saturated heterocycles. The maximum Gasteiger partial charge on any atom is 0.333 e. The van der Waals surface area contributed by atoms with E-state index >= 15 is 0 Å². The third kappa shape index (κ3) is 4.49. The minimum atomic E-state index is -0.110. The molecule has 3 aromatic heterocycles. The Morgan fingerprint density at radius 1 is 1.12 bits per heavy atom. The summed E-state index contributed by atoms with van der Waals surface area (Å²) in [6.07, 6.45) is 12.5. The lowest BCUT2D eigenvalue weighted by molar-refractivity contribution is 0.193. The first-order valence-corrected chi connectivity index (χ1v) is 11.6. The van der Waals surface area contributed by atoms with Crippen molar-refractivity contribution in [3.05, 3.63) is 52.9 Å². The van der Waals surface area contributed by atoms with E-state index in [1.54, 1.807) is 28.4 Å². The van der Waals surface area contributed by atoms with E-state index in [4.69, 9.17) is 0 Å². The van der Waals surface area contributed by atoms with Crippen LogP contribution in [-0.4, -0.2) is 28.7 Å². The second-order valence-electron chi connectivity index (χ2n) is 10.2. The van der Waals surface area contributed by atoms with E-state index in [0.29, 0.717) is 23.2 Å². The standard InChI is InChI=1S/C24H35N7O/c1-16(2)20-14-29(6)23(32)31(20)21-9-12-25-22(28-21)27-17(3)19-13-30(15-26-19)18-7-10-24(4,5)11-8-18/h9,12-18H,7-8,10-11H2,1-6H3,(H,25,27,28)/t17-/m0/s1. The van der Waals surface area contributed by atoms with Gasteiger partial charge in [0, 0.05) is 43.4 Å². The number of hydrogen-bond acceptors (Lipinski definition) is 5. The Kier molecular flexibility index (Phi) is 5.97. The summed E-state index contributed by atoms with van der Waals surface area (Å²) in [5.74, 6) is 1.25. The summed E-state index contributed by atoms with van der Waals surface area (Å²) in [4.78, 5) is 26.3. The van der Waals surface area contributed by atoms with E-state index in [0.717, 1.165) is 11.4 Å². The summed E-state index contributed by atoms with van der Waals surface area (Å²) in [5.41, 5.74) is 2.22. The Hall–Kier alpha value is -2.90. The lowest BCUT2D eigenvalue weighted by Crippen LogP contribution is -2.23. The second kappa shape index (κ2) is 8.56. The molecule has 1 saturated carbocycles. The molecule has 32 heavy (non-hydrogen) atoms. The number of nitrogens with zero attached hydrogens (tertiary/aromatic N) is 6. The molecule has 0 amide bonds. The highest BCUT2D eigenvalue weighted by molar-refractivity contribution is 5.35. The van der Waals surface area contributed by atoms with Crippen LogP contribution in [0, 0.1) is 5.41 Å². The van der Waals surface area contributed by atoms with Crippen LogP contribution in [0.3, 0.4) is 0 Å². The number of hydrogen-bond donors (Lipinski definition) is 1. The Morgan fingerprint density at radius 3 is 2.53 bits per heavy atom. The fourth-order valence-electron chi connectivity index (χ4n) is 4.49. The van der Waals surface area contributed by atoms with Crippen molar-refractivity contribution in [3.8, 4) is 5.82 Å². The maximum absolute atomic E-state index is 12.7. The average molecular weight is 438 g/mol. The Balaban J connectivity index is 1.51. The van der Waals surface area contributed by atoms with Crippen LogP contribution in [0.15, 0.2) is 35.8 Å². The minimum Gasteiger partial charge on any atom is -0.346 e. The molecular formula is C24H35N7O. The molecule has 1 aliphatic carbocycles. The highest BCUT2D eigenvalue weighted by Gasteiger charge is 2.28. The first-order valence-electron chi connectivity index (χ1n) is 11.6. The Bertz CT molecular complexity index is 1130. The maximum atomic E-state index is 12.7. The average Bonchev–Trinajstić information content (AvgIpc) is 3.34. The van der Waals surface area contributed by atoms with Crippen molar-refractivity contribution in [3.63, 3.8) is 0 Å². The molecule has 0 radical (unpaired) electrons. The molecular weight excluding hydrogens is 402 g/mol. The molecule has 0 aromatic carbocycles. The Labute approximate surface area is 189 Å². The van der Waals surface area contributed by atoms with Gasteiger partial charge in [-0.1, -0.05) is 27.7 Å². The van der Waals surface area contributed by atoms with E-state index in [1.165, 1.54) is 25.7 Å². The van der Waals surface area contributed by atoms with Gasteiger partial charge >= 0.3 is 5.69 Å². The molecule has 3 heterocycles. The largest absolute Gasteiger partial charge is 0.346 e. The topological polar surface area (TPSA) is 82.6 Å². The zero-order chi connectivity index (χ0) is 23.0.